The van der Waals surface area contributed by atoms with Crippen LogP contribution in [0.2, 0.25) is 0 Å². The summed E-state index contributed by atoms with van der Waals surface area (Å²) in [6, 6.07) is 3.34. The summed E-state index contributed by atoms with van der Waals surface area (Å²) in [5, 5.41) is 6.30. The van der Waals surface area contributed by atoms with Crippen LogP contribution in [0.1, 0.15) is 5.56 Å². The van der Waals surface area contributed by atoms with Crippen molar-refractivity contribution in [3.63, 3.8) is 0 Å². The molecule has 0 fully saturated rings. The number of hydrogen-bond acceptors (Lipinski definition) is 3. The Morgan fingerprint density at radius 2 is 2.24 bits per heavy atom. The maximum atomic E-state index is 13.2. The van der Waals surface area contributed by atoms with E-state index in [1.165, 1.54) is 24.5 Å². The van der Waals surface area contributed by atoms with E-state index in [2.05, 4.69) is 15.8 Å². The molecule has 0 radical (unpaired) electrons. The van der Waals surface area contributed by atoms with E-state index in [0.717, 1.165) is 6.07 Å². The Balaban J connectivity index is 1.98. The third-order valence-electron chi connectivity index (χ3n) is 2.20. The lowest BCUT2D eigenvalue weighted by atomic mass is 10.2. The molecule has 0 unspecified atom stereocenters. The minimum atomic E-state index is -0.625. The number of benzene rings is 1. The fourth-order valence-electron chi connectivity index (χ4n) is 1.32. The Morgan fingerprint density at radius 3 is 2.88 bits per heavy atom. The van der Waals surface area contributed by atoms with E-state index in [1.54, 1.807) is 0 Å². The molecule has 1 aromatic rings. The number of hydrazone groups is 1. The fraction of sp³-hybridized carbons (Fsp3) is 0.0909. The Morgan fingerprint density at radius 1 is 1.41 bits per heavy atom. The average Bonchev–Trinajstić information content (AvgIpc) is 2.68. The normalized spacial score (nSPS) is 16.4. The Labute approximate surface area is 96.0 Å². The molecular weight excluding hydrogens is 228 g/mol. The van der Waals surface area contributed by atoms with Crippen molar-refractivity contribution in [2.24, 2.45) is 5.10 Å². The van der Waals surface area contributed by atoms with Gasteiger partial charge in [-0.05, 0) is 6.07 Å². The van der Waals surface area contributed by atoms with Gasteiger partial charge in [0.1, 0.15) is 11.6 Å². The zero-order valence-electron chi connectivity index (χ0n) is 8.71. The predicted octanol–water partition coefficient (Wildman–Crippen LogP) is 1.05. The molecule has 0 aromatic heterocycles. The second kappa shape index (κ2) is 4.73. The summed E-state index contributed by atoms with van der Waals surface area (Å²) in [4.78, 5) is 11.1. The summed E-state index contributed by atoms with van der Waals surface area (Å²) in [5.41, 5.74) is 2.91. The van der Waals surface area contributed by atoms with Gasteiger partial charge in [-0.1, -0.05) is 6.07 Å². The predicted molar refractivity (Wildman–Crippen MR) is 57.9 cm³/mol. The molecule has 0 saturated carbocycles. The van der Waals surface area contributed by atoms with Crippen LogP contribution in [0, 0.1) is 11.6 Å². The van der Waals surface area contributed by atoms with Gasteiger partial charge in [-0.15, -0.1) is 0 Å². The molecule has 1 aliphatic rings. The molecule has 4 nitrogen and oxygen atoms in total. The molecule has 0 atom stereocenters. The highest BCUT2D eigenvalue weighted by atomic mass is 19.1. The van der Waals surface area contributed by atoms with Crippen LogP contribution in [0.25, 0.3) is 0 Å². The van der Waals surface area contributed by atoms with Crippen molar-refractivity contribution in [2.75, 3.05) is 0 Å². The molecule has 2 rings (SSSR count). The summed E-state index contributed by atoms with van der Waals surface area (Å²) < 4.78 is 25.8. The topological polar surface area (TPSA) is 53.5 Å². The first-order valence-electron chi connectivity index (χ1n) is 4.88. The highest BCUT2D eigenvalue weighted by Crippen LogP contribution is 2.09. The van der Waals surface area contributed by atoms with Gasteiger partial charge < -0.3 is 5.32 Å². The first kappa shape index (κ1) is 11.3. The van der Waals surface area contributed by atoms with Crippen LogP contribution in [0.4, 0.5) is 8.78 Å². The third-order valence-corrected chi connectivity index (χ3v) is 2.20. The van der Waals surface area contributed by atoms with Crippen LogP contribution in [-0.2, 0) is 11.3 Å². The lowest BCUT2D eigenvalue weighted by molar-refractivity contribution is -0.116. The second-order valence-corrected chi connectivity index (χ2v) is 3.42. The van der Waals surface area contributed by atoms with Gasteiger partial charge in [-0.25, -0.2) is 14.2 Å². The molecule has 88 valence electrons. The highest BCUT2D eigenvalue weighted by molar-refractivity contribution is 6.15. The van der Waals surface area contributed by atoms with Crippen LogP contribution < -0.4 is 10.7 Å². The quantitative estimate of drug-likeness (QED) is 0.772. The Kier molecular flexibility index (Phi) is 3.13. The molecule has 1 aliphatic heterocycles. The molecule has 1 aromatic carbocycles. The number of nitrogens with one attached hydrogen (secondary N) is 2. The maximum absolute atomic E-state index is 13.2. The molecule has 0 spiro atoms. The summed E-state index contributed by atoms with van der Waals surface area (Å²) in [6.45, 7) is 0.163. The molecule has 0 bridgehead atoms. The summed E-state index contributed by atoms with van der Waals surface area (Å²) >= 11 is 0. The first-order chi connectivity index (χ1) is 8.16. The fourth-order valence-corrected chi connectivity index (χ4v) is 1.32. The van der Waals surface area contributed by atoms with Gasteiger partial charge in [0.15, 0.2) is 0 Å². The minimum Gasteiger partial charge on any atom is -0.386 e. The van der Waals surface area contributed by atoms with E-state index < -0.39 is 11.6 Å². The standard InChI is InChI=1S/C11H9F2N3O/c12-9-2-1-7(10(13)3-9)4-14-5-8-6-15-16-11(8)17/h1-3,5-6,14H,4H2,(H,16,17)/b8-5+. The molecule has 0 saturated heterocycles. The van der Waals surface area contributed by atoms with Crippen molar-refractivity contribution in [3.05, 3.63) is 47.2 Å². The van der Waals surface area contributed by atoms with Gasteiger partial charge in [0, 0.05) is 24.4 Å². The molecule has 0 aliphatic carbocycles. The number of carbonyl (C=O) groups is 1. The number of amides is 1. The summed E-state index contributed by atoms with van der Waals surface area (Å²) in [6.07, 6.45) is 2.78. The van der Waals surface area contributed by atoms with Crippen LogP contribution >= 0.6 is 0 Å². The Hall–Kier alpha value is -2.24. The van der Waals surface area contributed by atoms with E-state index in [9.17, 15) is 13.6 Å². The van der Waals surface area contributed by atoms with E-state index in [-0.39, 0.29) is 12.5 Å². The molecule has 1 heterocycles. The molecule has 17 heavy (non-hydrogen) atoms. The lowest BCUT2D eigenvalue weighted by Gasteiger charge is -2.03. The van der Waals surface area contributed by atoms with E-state index in [0.29, 0.717) is 11.1 Å². The zero-order valence-corrected chi connectivity index (χ0v) is 8.71. The highest BCUT2D eigenvalue weighted by Gasteiger charge is 2.11. The number of halogens is 2. The van der Waals surface area contributed by atoms with Crippen molar-refractivity contribution in [3.8, 4) is 0 Å². The van der Waals surface area contributed by atoms with Gasteiger partial charge >= 0.3 is 0 Å². The summed E-state index contributed by atoms with van der Waals surface area (Å²) in [5.74, 6) is -1.57. The van der Waals surface area contributed by atoms with Crippen LogP contribution in [-0.4, -0.2) is 12.1 Å². The van der Waals surface area contributed by atoms with Gasteiger partial charge in [-0.2, -0.15) is 5.10 Å². The monoisotopic (exact) mass is 237 g/mol. The minimum absolute atomic E-state index is 0.163. The average molecular weight is 237 g/mol. The SMILES string of the molecule is O=C1NN=C/C1=C\NCc1ccc(F)cc1F. The number of carbonyl (C=O) groups excluding carboxylic acids is 1. The van der Waals surface area contributed by atoms with E-state index >= 15 is 0 Å². The molecule has 1 amide bonds. The van der Waals surface area contributed by atoms with Crippen molar-refractivity contribution in [1.29, 1.82) is 0 Å². The van der Waals surface area contributed by atoms with E-state index in [4.69, 9.17) is 0 Å². The second-order valence-electron chi connectivity index (χ2n) is 3.42. The Bertz CT molecular complexity index is 511. The smallest absolute Gasteiger partial charge is 0.274 e. The zero-order chi connectivity index (χ0) is 12.3. The number of hydrogen-bond donors (Lipinski definition) is 2. The van der Waals surface area contributed by atoms with Gasteiger partial charge in [-0.3, -0.25) is 4.79 Å². The number of rotatable bonds is 3. The van der Waals surface area contributed by atoms with Gasteiger partial charge in [0.25, 0.3) is 5.91 Å². The van der Waals surface area contributed by atoms with Crippen molar-refractivity contribution in [2.45, 2.75) is 6.54 Å². The van der Waals surface area contributed by atoms with Gasteiger partial charge in [0.05, 0.1) is 11.8 Å². The maximum Gasteiger partial charge on any atom is 0.274 e. The first-order valence-corrected chi connectivity index (χ1v) is 4.88. The van der Waals surface area contributed by atoms with Crippen LogP contribution in [0.3, 0.4) is 0 Å². The largest absolute Gasteiger partial charge is 0.386 e. The van der Waals surface area contributed by atoms with Gasteiger partial charge in [0.2, 0.25) is 0 Å². The number of nitrogens with zero attached hydrogens (tertiary/aromatic N) is 1. The van der Waals surface area contributed by atoms with Crippen LogP contribution in [0.5, 0.6) is 0 Å². The molecular formula is C11H9F2N3O. The van der Waals surface area contributed by atoms with Crippen molar-refractivity contribution in [1.82, 2.24) is 10.7 Å². The van der Waals surface area contributed by atoms with Crippen molar-refractivity contribution >= 4 is 12.1 Å². The third kappa shape index (κ3) is 2.66. The summed E-state index contributed by atoms with van der Waals surface area (Å²) in [7, 11) is 0. The lowest BCUT2D eigenvalue weighted by Crippen LogP contribution is -2.15. The van der Waals surface area contributed by atoms with Crippen molar-refractivity contribution < 1.29 is 13.6 Å². The molecule has 2 N–H and O–H groups in total. The van der Waals surface area contributed by atoms with E-state index in [1.807, 2.05) is 0 Å². The van der Waals surface area contributed by atoms with Crippen LogP contribution in [0.15, 0.2) is 35.1 Å². The molecule has 6 heteroatoms.